The van der Waals surface area contributed by atoms with Gasteiger partial charge < -0.3 is 10.1 Å². The normalized spacial score (nSPS) is 28.5. The third kappa shape index (κ3) is 2.32. The molecule has 1 unspecified atom stereocenters. The Bertz CT molecular complexity index is 229. The highest BCUT2D eigenvalue weighted by molar-refractivity contribution is 5.76. The van der Waals surface area contributed by atoms with Crippen molar-refractivity contribution in [3.05, 3.63) is 0 Å². The van der Waals surface area contributed by atoms with Gasteiger partial charge in [0.2, 0.25) is 0 Å². The van der Waals surface area contributed by atoms with Crippen molar-refractivity contribution in [3.8, 4) is 0 Å². The molecule has 1 aliphatic heterocycles. The fraction of sp³-hybridized carbons (Fsp3) is 0.909. The number of piperazine rings is 1. The van der Waals surface area contributed by atoms with E-state index in [9.17, 15) is 4.79 Å². The summed E-state index contributed by atoms with van der Waals surface area (Å²) in [7, 11) is 0. The van der Waals surface area contributed by atoms with E-state index < -0.39 is 0 Å². The van der Waals surface area contributed by atoms with E-state index >= 15 is 0 Å². The van der Waals surface area contributed by atoms with Gasteiger partial charge in [0.25, 0.3) is 0 Å². The second kappa shape index (κ2) is 4.94. The molecule has 0 aromatic heterocycles. The number of hydrogen-bond donors (Lipinski definition) is 1. The molecule has 2 rings (SSSR count). The standard InChI is InChI=1S/C11H20N2O2/c1-2-15-11(14)10-8-12-6-7-13(10)9-4-3-5-9/h9-10,12H,2-8H2,1H3. The summed E-state index contributed by atoms with van der Waals surface area (Å²) < 4.78 is 5.11. The molecule has 4 heteroatoms. The molecular weight excluding hydrogens is 192 g/mol. The summed E-state index contributed by atoms with van der Waals surface area (Å²) in [6.45, 7) is 5.06. The van der Waals surface area contributed by atoms with Crippen molar-refractivity contribution >= 4 is 5.97 Å². The molecule has 2 aliphatic rings. The van der Waals surface area contributed by atoms with Crippen molar-refractivity contribution in [1.82, 2.24) is 10.2 Å². The van der Waals surface area contributed by atoms with E-state index in [2.05, 4.69) is 10.2 Å². The summed E-state index contributed by atoms with van der Waals surface area (Å²) in [4.78, 5) is 14.1. The number of hydrogen-bond acceptors (Lipinski definition) is 4. The van der Waals surface area contributed by atoms with E-state index in [1.807, 2.05) is 6.92 Å². The van der Waals surface area contributed by atoms with E-state index in [-0.39, 0.29) is 12.0 Å². The average molecular weight is 212 g/mol. The van der Waals surface area contributed by atoms with Crippen LogP contribution in [0.15, 0.2) is 0 Å². The van der Waals surface area contributed by atoms with Crippen LogP contribution in [0.4, 0.5) is 0 Å². The second-order valence-electron chi connectivity index (χ2n) is 4.29. The van der Waals surface area contributed by atoms with Crippen LogP contribution >= 0.6 is 0 Å². The first-order chi connectivity index (χ1) is 7.33. The van der Waals surface area contributed by atoms with E-state index in [0.717, 1.165) is 19.6 Å². The summed E-state index contributed by atoms with van der Waals surface area (Å²) in [5, 5.41) is 3.26. The zero-order valence-electron chi connectivity index (χ0n) is 9.37. The molecule has 0 amide bonds. The van der Waals surface area contributed by atoms with Crippen molar-refractivity contribution in [2.24, 2.45) is 0 Å². The number of ether oxygens (including phenoxy) is 1. The van der Waals surface area contributed by atoms with Gasteiger partial charge in [-0.2, -0.15) is 0 Å². The van der Waals surface area contributed by atoms with E-state index in [1.54, 1.807) is 0 Å². The minimum absolute atomic E-state index is 0.0519. The van der Waals surface area contributed by atoms with Crippen LogP contribution in [0, 0.1) is 0 Å². The van der Waals surface area contributed by atoms with E-state index in [4.69, 9.17) is 4.74 Å². The number of rotatable bonds is 3. The van der Waals surface area contributed by atoms with Crippen LogP contribution in [0.2, 0.25) is 0 Å². The SMILES string of the molecule is CCOC(=O)C1CNCCN1C1CCC1. The zero-order chi connectivity index (χ0) is 10.7. The number of carbonyl (C=O) groups excluding carboxylic acids is 1. The summed E-state index contributed by atoms with van der Waals surface area (Å²) in [5.74, 6) is -0.0587. The maximum absolute atomic E-state index is 11.7. The first-order valence-electron chi connectivity index (χ1n) is 5.96. The van der Waals surface area contributed by atoms with Crippen LogP contribution in [-0.2, 0) is 9.53 Å². The lowest BCUT2D eigenvalue weighted by Gasteiger charge is -2.43. The lowest BCUT2D eigenvalue weighted by Crippen LogP contribution is -2.60. The highest BCUT2D eigenvalue weighted by Crippen LogP contribution is 2.27. The van der Waals surface area contributed by atoms with Crippen LogP contribution in [0.1, 0.15) is 26.2 Å². The molecule has 0 spiro atoms. The van der Waals surface area contributed by atoms with Gasteiger partial charge in [-0.25, -0.2) is 0 Å². The first-order valence-corrected chi connectivity index (χ1v) is 5.96. The lowest BCUT2D eigenvalue weighted by molar-refractivity contribution is -0.152. The molecule has 1 atom stereocenters. The van der Waals surface area contributed by atoms with Gasteiger partial charge in [0.15, 0.2) is 0 Å². The van der Waals surface area contributed by atoms with Crippen LogP contribution in [-0.4, -0.2) is 49.2 Å². The molecule has 0 radical (unpaired) electrons. The highest BCUT2D eigenvalue weighted by atomic mass is 16.5. The fourth-order valence-electron chi connectivity index (χ4n) is 2.33. The van der Waals surface area contributed by atoms with Crippen LogP contribution in [0.25, 0.3) is 0 Å². The molecule has 2 fully saturated rings. The number of esters is 1. The molecule has 4 nitrogen and oxygen atoms in total. The number of nitrogens with one attached hydrogen (secondary N) is 1. The maximum Gasteiger partial charge on any atom is 0.324 e. The van der Waals surface area contributed by atoms with Gasteiger partial charge in [0.05, 0.1) is 6.61 Å². The van der Waals surface area contributed by atoms with Crippen molar-refractivity contribution in [2.75, 3.05) is 26.2 Å². The van der Waals surface area contributed by atoms with Gasteiger partial charge in [-0.15, -0.1) is 0 Å². The third-order valence-electron chi connectivity index (χ3n) is 3.39. The van der Waals surface area contributed by atoms with Crippen molar-refractivity contribution in [3.63, 3.8) is 0 Å². The Morgan fingerprint density at radius 3 is 2.93 bits per heavy atom. The molecule has 0 bridgehead atoms. The average Bonchev–Trinajstić information content (AvgIpc) is 2.16. The quantitative estimate of drug-likeness (QED) is 0.687. The Morgan fingerprint density at radius 2 is 2.33 bits per heavy atom. The molecule has 0 aromatic rings. The summed E-state index contributed by atoms with van der Waals surface area (Å²) >= 11 is 0. The smallest absolute Gasteiger partial charge is 0.324 e. The van der Waals surface area contributed by atoms with Crippen molar-refractivity contribution in [2.45, 2.75) is 38.3 Å². The van der Waals surface area contributed by atoms with Gasteiger partial charge >= 0.3 is 5.97 Å². The molecule has 1 saturated heterocycles. The molecular formula is C11H20N2O2. The van der Waals surface area contributed by atoms with Gasteiger partial charge in [-0.1, -0.05) is 6.42 Å². The molecule has 1 heterocycles. The number of nitrogens with zero attached hydrogens (tertiary/aromatic N) is 1. The fourth-order valence-corrected chi connectivity index (χ4v) is 2.33. The number of carbonyl (C=O) groups is 1. The Kier molecular flexibility index (Phi) is 3.59. The Hall–Kier alpha value is -0.610. The highest BCUT2D eigenvalue weighted by Gasteiger charge is 2.36. The van der Waals surface area contributed by atoms with Gasteiger partial charge in [-0.3, -0.25) is 9.69 Å². The zero-order valence-corrected chi connectivity index (χ0v) is 9.37. The van der Waals surface area contributed by atoms with E-state index in [0.29, 0.717) is 12.6 Å². The summed E-state index contributed by atoms with van der Waals surface area (Å²) in [6, 6.07) is 0.575. The van der Waals surface area contributed by atoms with Crippen molar-refractivity contribution in [1.29, 1.82) is 0 Å². The Morgan fingerprint density at radius 1 is 1.53 bits per heavy atom. The van der Waals surface area contributed by atoms with Crippen LogP contribution in [0.3, 0.4) is 0 Å². The predicted molar refractivity (Wildman–Crippen MR) is 57.6 cm³/mol. The van der Waals surface area contributed by atoms with Crippen molar-refractivity contribution < 1.29 is 9.53 Å². The van der Waals surface area contributed by atoms with Gasteiger partial charge in [0.1, 0.15) is 6.04 Å². The van der Waals surface area contributed by atoms with Crippen LogP contribution < -0.4 is 5.32 Å². The van der Waals surface area contributed by atoms with Crippen LogP contribution in [0.5, 0.6) is 0 Å². The monoisotopic (exact) mass is 212 g/mol. The Labute approximate surface area is 91.0 Å². The lowest BCUT2D eigenvalue weighted by atomic mass is 9.89. The molecule has 86 valence electrons. The van der Waals surface area contributed by atoms with E-state index in [1.165, 1.54) is 19.3 Å². The third-order valence-corrected chi connectivity index (χ3v) is 3.39. The second-order valence-corrected chi connectivity index (χ2v) is 4.29. The van der Waals surface area contributed by atoms with Gasteiger partial charge in [-0.05, 0) is 19.8 Å². The predicted octanol–water partition coefficient (Wildman–Crippen LogP) is 0.376. The molecule has 1 aliphatic carbocycles. The summed E-state index contributed by atoms with van der Waals surface area (Å²) in [6.07, 6.45) is 3.80. The molecule has 15 heavy (non-hydrogen) atoms. The van der Waals surface area contributed by atoms with Gasteiger partial charge in [0, 0.05) is 25.7 Å². The largest absolute Gasteiger partial charge is 0.465 e. The molecule has 1 saturated carbocycles. The minimum Gasteiger partial charge on any atom is -0.465 e. The molecule has 1 N–H and O–H groups in total. The maximum atomic E-state index is 11.7. The first kappa shape index (κ1) is 10.9. The Balaban J connectivity index is 1.95. The minimum atomic E-state index is -0.0587. The summed E-state index contributed by atoms with van der Waals surface area (Å²) in [5.41, 5.74) is 0. The molecule has 0 aromatic carbocycles. The topological polar surface area (TPSA) is 41.6 Å².